The number of rotatable bonds is 5. The van der Waals surface area contributed by atoms with Crippen LogP contribution in [0.15, 0.2) is 71.9 Å². The Balaban J connectivity index is 1.45. The Bertz CT molecular complexity index is 1190. The molecule has 1 N–H and O–H groups in total. The number of nitrogens with one attached hydrogen (secondary N) is 1. The van der Waals surface area contributed by atoms with Crippen molar-refractivity contribution in [2.24, 2.45) is 12.0 Å². The van der Waals surface area contributed by atoms with Gasteiger partial charge in [0.15, 0.2) is 0 Å². The number of hydrogen-bond donors (Lipinski definition) is 1. The quantitative estimate of drug-likeness (QED) is 0.639. The van der Waals surface area contributed by atoms with E-state index in [0.717, 1.165) is 59.5 Å². The molecular formula is C26H30N6. The van der Waals surface area contributed by atoms with Crippen molar-refractivity contribution in [2.75, 3.05) is 13.1 Å². The first-order valence-corrected chi connectivity index (χ1v) is 11.5. The Labute approximate surface area is 189 Å². The minimum atomic E-state index is 0.438. The molecule has 0 bridgehead atoms. The number of aliphatic imine (C=N–C) groups is 1. The molecule has 0 aliphatic carbocycles. The number of piperidine rings is 1. The van der Waals surface area contributed by atoms with Gasteiger partial charge < -0.3 is 5.32 Å². The molecule has 2 aromatic heterocycles. The van der Waals surface area contributed by atoms with Crippen LogP contribution < -0.4 is 5.32 Å². The molecule has 0 spiro atoms. The lowest BCUT2D eigenvalue weighted by Crippen LogP contribution is -2.31. The topological polar surface area (TPSA) is 60.0 Å². The van der Waals surface area contributed by atoms with Crippen molar-refractivity contribution in [2.45, 2.75) is 38.6 Å². The van der Waals surface area contributed by atoms with Gasteiger partial charge in [-0.15, -0.1) is 0 Å². The van der Waals surface area contributed by atoms with Crippen molar-refractivity contribution in [3.63, 3.8) is 0 Å². The molecular weight excluding hydrogens is 396 g/mol. The average molecular weight is 427 g/mol. The molecule has 0 amide bonds. The summed E-state index contributed by atoms with van der Waals surface area (Å²) in [6, 6.07) is 9.04. The molecule has 5 rings (SSSR count). The number of nitrogens with zero attached hydrogens (tertiary/aromatic N) is 5. The van der Waals surface area contributed by atoms with Gasteiger partial charge in [0.1, 0.15) is 0 Å². The van der Waals surface area contributed by atoms with Gasteiger partial charge in [0.2, 0.25) is 0 Å². The van der Waals surface area contributed by atoms with Crippen LogP contribution in [-0.2, 0) is 7.05 Å². The van der Waals surface area contributed by atoms with E-state index < -0.39 is 0 Å². The van der Waals surface area contributed by atoms with Crippen LogP contribution in [0.3, 0.4) is 0 Å². The number of aromatic nitrogens is 4. The van der Waals surface area contributed by atoms with Gasteiger partial charge in [0.25, 0.3) is 0 Å². The molecule has 6 heteroatoms. The third kappa shape index (κ3) is 4.36. The monoisotopic (exact) mass is 426 g/mol. The molecule has 164 valence electrons. The molecule has 0 saturated carbocycles. The molecule has 2 aliphatic rings. The Morgan fingerprint density at radius 1 is 1.06 bits per heavy atom. The SMILES string of the molecule is CCC1=CC(c2cnn(C3CCCNC3)c2)=CN=C(c2cccc(-c3cnn(C)c3)c2)C1. The van der Waals surface area contributed by atoms with Gasteiger partial charge in [-0.1, -0.05) is 36.8 Å². The maximum atomic E-state index is 4.94. The summed E-state index contributed by atoms with van der Waals surface area (Å²) >= 11 is 0. The number of hydrogen-bond acceptors (Lipinski definition) is 4. The van der Waals surface area contributed by atoms with E-state index in [1.807, 2.05) is 36.5 Å². The van der Waals surface area contributed by atoms with Gasteiger partial charge in [0, 0.05) is 55.3 Å². The van der Waals surface area contributed by atoms with Crippen molar-refractivity contribution in [1.29, 1.82) is 0 Å². The molecule has 2 aliphatic heterocycles. The maximum Gasteiger partial charge on any atom is 0.0644 e. The highest BCUT2D eigenvalue weighted by molar-refractivity contribution is 6.04. The first-order chi connectivity index (χ1) is 15.7. The van der Waals surface area contributed by atoms with E-state index in [0.29, 0.717) is 6.04 Å². The van der Waals surface area contributed by atoms with Gasteiger partial charge >= 0.3 is 0 Å². The Hall–Kier alpha value is -3.25. The van der Waals surface area contributed by atoms with E-state index >= 15 is 0 Å². The standard InChI is InChI=1S/C26H30N6/c1-3-19-10-22(24-15-30-32(18-24)25-8-5-9-27-16-25)13-28-26(11-19)21-7-4-6-20(12-21)23-14-29-31(2)17-23/h4,6-7,10,12-15,17-18,25,27H,3,5,8-9,11,16H2,1-2H3. The predicted octanol–water partition coefficient (Wildman–Crippen LogP) is 4.78. The lowest BCUT2D eigenvalue weighted by atomic mass is 9.97. The minimum absolute atomic E-state index is 0.438. The second-order valence-corrected chi connectivity index (χ2v) is 8.69. The molecule has 32 heavy (non-hydrogen) atoms. The fraction of sp³-hybridized carbons (Fsp3) is 0.346. The highest BCUT2D eigenvalue weighted by Gasteiger charge is 2.17. The zero-order chi connectivity index (χ0) is 21.9. The second kappa shape index (κ2) is 9.09. The fourth-order valence-electron chi connectivity index (χ4n) is 4.47. The highest BCUT2D eigenvalue weighted by Crippen LogP contribution is 2.28. The van der Waals surface area contributed by atoms with Crippen molar-refractivity contribution >= 4 is 11.3 Å². The molecule has 4 heterocycles. The largest absolute Gasteiger partial charge is 0.315 e. The molecule has 1 saturated heterocycles. The van der Waals surface area contributed by atoms with Crippen LogP contribution in [0.4, 0.5) is 0 Å². The van der Waals surface area contributed by atoms with Gasteiger partial charge in [-0.25, -0.2) is 0 Å². The lowest BCUT2D eigenvalue weighted by molar-refractivity contribution is 0.347. The highest BCUT2D eigenvalue weighted by atomic mass is 15.3. The molecule has 3 aromatic rings. The summed E-state index contributed by atoms with van der Waals surface area (Å²) in [4.78, 5) is 4.94. The molecule has 1 aromatic carbocycles. The van der Waals surface area contributed by atoms with Crippen LogP contribution in [0.5, 0.6) is 0 Å². The summed E-state index contributed by atoms with van der Waals surface area (Å²) < 4.78 is 3.95. The van der Waals surface area contributed by atoms with Crippen LogP contribution in [0.2, 0.25) is 0 Å². The van der Waals surface area contributed by atoms with Crippen LogP contribution in [-0.4, -0.2) is 38.4 Å². The van der Waals surface area contributed by atoms with Gasteiger partial charge in [-0.3, -0.25) is 14.4 Å². The lowest BCUT2D eigenvalue weighted by Gasteiger charge is -2.22. The van der Waals surface area contributed by atoms with Crippen molar-refractivity contribution < 1.29 is 0 Å². The second-order valence-electron chi connectivity index (χ2n) is 8.69. The predicted molar refractivity (Wildman–Crippen MR) is 130 cm³/mol. The van der Waals surface area contributed by atoms with E-state index in [4.69, 9.17) is 4.99 Å². The van der Waals surface area contributed by atoms with Crippen LogP contribution >= 0.6 is 0 Å². The summed E-state index contributed by atoms with van der Waals surface area (Å²) in [5, 5.41) is 12.5. The minimum Gasteiger partial charge on any atom is -0.315 e. The summed E-state index contributed by atoms with van der Waals surface area (Å²) in [5.74, 6) is 0. The van der Waals surface area contributed by atoms with Crippen molar-refractivity contribution in [3.05, 3.63) is 78.0 Å². The third-order valence-corrected chi connectivity index (χ3v) is 6.38. The molecule has 1 atom stereocenters. The maximum absolute atomic E-state index is 4.94. The zero-order valence-electron chi connectivity index (χ0n) is 18.8. The Kier molecular flexibility index (Phi) is 5.86. The fourth-order valence-corrected chi connectivity index (χ4v) is 4.47. The van der Waals surface area contributed by atoms with Gasteiger partial charge in [-0.2, -0.15) is 10.2 Å². The first-order valence-electron chi connectivity index (χ1n) is 11.5. The molecule has 1 unspecified atom stereocenters. The van der Waals surface area contributed by atoms with E-state index in [1.54, 1.807) is 0 Å². The smallest absolute Gasteiger partial charge is 0.0644 e. The normalized spacial score (nSPS) is 19.2. The summed E-state index contributed by atoms with van der Waals surface area (Å²) in [5.41, 5.74) is 8.19. The van der Waals surface area contributed by atoms with Crippen LogP contribution in [0, 0.1) is 0 Å². The van der Waals surface area contributed by atoms with Crippen LogP contribution in [0.25, 0.3) is 16.7 Å². The molecule has 1 fully saturated rings. The Morgan fingerprint density at radius 2 is 1.94 bits per heavy atom. The zero-order valence-corrected chi connectivity index (χ0v) is 18.8. The number of allylic oxidation sites excluding steroid dienone is 3. The Morgan fingerprint density at radius 3 is 2.72 bits per heavy atom. The van der Waals surface area contributed by atoms with E-state index in [9.17, 15) is 0 Å². The van der Waals surface area contributed by atoms with E-state index in [1.165, 1.54) is 18.4 Å². The number of benzene rings is 1. The summed E-state index contributed by atoms with van der Waals surface area (Å²) in [6.45, 7) is 4.32. The third-order valence-electron chi connectivity index (χ3n) is 6.38. The summed E-state index contributed by atoms with van der Waals surface area (Å²) in [7, 11) is 1.94. The average Bonchev–Trinajstić information content (AvgIpc) is 3.44. The van der Waals surface area contributed by atoms with Gasteiger partial charge in [0.05, 0.1) is 24.1 Å². The van der Waals surface area contributed by atoms with Gasteiger partial charge in [-0.05, 0) is 43.0 Å². The van der Waals surface area contributed by atoms with Crippen molar-refractivity contribution in [3.8, 4) is 11.1 Å². The summed E-state index contributed by atoms with van der Waals surface area (Å²) in [6.07, 6.45) is 16.6. The number of aryl methyl sites for hydroxylation is 1. The van der Waals surface area contributed by atoms with Crippen molar-refractivity contribution in [1.82, 2.24) is 24.9 Å². The van der Waals surface area contributed by atoms with Crippen LogP contribution in [0.1, 0.15) is 49.8 Å². The molecule has 6 nitrogen and oxygen atoms in total. The van der Waals surface area contributed by atoms with E-state index in [-0.39, 0.29) is 0 Å². The molecule has 0 radical (unpaired) electrons. The first kappa shape index (κ1) is 20.6. The van der Waals surface area contributed by atoms with E-state index in [2.05, 4.69) is 63.7 Å².